The van der Waals surface area contributed by atoms with E-state index in [1.54, 1.807) is 19.2 Å². The molecule has 4 rings (SSSR count). The summed E-state index contributed by atoms with van der Waals surface area (Å²) in [5.74, 6) is 1.47. The zero-order valence-electron chi connectivity index (χ0n) is 17.3. The first-order valence-electron chi connectivity index (χ1n) is 10.3. The normalized spacial score (nSPS) is 20.7. The van der Waals surface area contributed by atoms with Crippen molar-refractivity contribution in [2.45, 2.75) is 68.9 Å². The third-order valence-corrected chi connectivity index (χ3v) is 7.97. The number of hydrogen-bond acceptors (Lipinski definition) is 4. The molecule has 29 heavy (non-hydrogen) atoms. The second-order valence-electron chi connectivity index (χ2n) is 8.35. The van der Waals surface area contributed by atoms with Crippen LogP contribution in [0.4, 0.5) is 0 Å². The summed E-state index contributed by atoms with van der Waals surface area (Å²) in [6.07, 6.45) is 6.07. The third-order valence-electron chi connectivity index (χ3n) is 6.20. The van der Waals surface area contributed by atoms with E-state index in [0.29, 0.717) is 28.2 Å². The van der Waals surface area contributed by atoms with Crippen LogP contribution >= 0.6 is 0 Å². The van der Waals surface area contributed by atoms with Crippen LogP contribution in [0.5, 0.6) is 11.5 Å². The van der Waals surface area contributed by atoms with Crippen molar-refractivity contribution in [3.63, 3.8) is 0 Å². The van der Waals surface area contributed by atoms with E-state index in [9.17, 15) is 8.42 Å². The molecule has 1 N–H and O–H groups in total. The van der Waals surface area contributed by atoms with Crippen LogP contribution in [0.3, 0.4) is 0 Å². The van der Waals surface area contributed by atoms with Gasteiger partial charge < -0.3 is 9.47 Å². The number of aryl methyl sites for hydroxylation is 2. The summed E-state index contributed by atoms with van der Waals surface area (Å²) < 4.78 is 41.6. The Kier molecular flexibility index (Phi) is 5.34. The van der Waals surface area contributed by atoms with Gasteiger partial charge in [-0.25, -0.2) is 13.1 Å². The zero-order chi connectivity index (χ0) is 20.6. The maximum absolute atomic E-state index is 13.4. The molecule has 0 bridgehead atoms. The van der Waals surface area contributed by atoms with Gasteiger partial charge in [0, 0.05) is 12.0 Å². The monoisotopic (exact) mass is 415 g/mol. The van der Waals surface area contributed by atoms with Gasteiger partial charge in [0.15, 0.2) is 0 Å². The van der Waals surface area contributed by atoms with Gasteiger partial charge in [-0.3, -0.25) is 0 Å². The van der Waals surface area contributed by atoms with E-state index in [2.05, 4.69) is 4.72 Å². The summed E-state index contributed by atoms with van der Waals surface area (Å²) in [5, 5.41) is 0. The molecule has 1 saturated carbocycles. The minimum atomic E-state index is -3.71. The van der Waals surface area contributed by atoms with Crippen molar-refractivity contribution in [1.29, 1.82) is 0 Å². The van der Waals surface area contributed by atoms with E-state index in [1.807, 2.05) is 38.1 Å². The molecule has 2 aromatic rings. The Hall–Kier alpha value is -2.05. The summed E-state index contributed by atoms with van der Waals surface area (Å²) in [5.41, 5.74) is 2.00. The molecule has 0 aromatic heterocycles. The SMILES string of the molecule is COc1cc(C)c(S(=O)(=O)N[C@H]2CC3(CCCCC3)Oc3ccccc32)c(C)c1. The minimum Gasteiger partial charge on any atom is -0.497 e. The second kappa shape index (κ2) is 7.65. The van der Waals surface area contributed by atoms with Crippen LogP contribution in [0.2, 0.25) is 0 Å². The van der Waals surface area contributed by atoms with Gasteiger partial charge in [0.25, 0.3) is 0 Å². The zero-order valence-corrected chi connectivity index (χ0v) is 18.1. The predicted molar refractivity (Wildman–Crippen MR) is 113 cm³/mol. The van der Waals surface area contributed by atoms with Crippen LogP contribution in [0, 0.1) is 13.8 Å². The molecule has 1 aliphatic carbocycles. The highest BCUT2D eigenvalue weighted by Gasteiger charge is 2.43. The van der Waals surface area contributed by atoms with Gasteiger partial charge in [-0.15, -0.1) is 0 Å². The first-order valence-corrected chi connectivity index (χ1v) is 11.8. The van der Waals surface area contributed by atoms with E-state index < -0.39 is 10.0 Å². The van der Waals surface area contributed by atoms with Gasteiger partial charge >= 0.3 is 0 Å². The summed E-state index contributed by atoms with van der Waals surface area (Å²) in [4.78, 5) is 0.333. The number of ether oxygens (including phenoxy) is 2. The number of benzene rings is 2. The molecule has 1 fully saturated rings. The van der Waals surface area contributed by atoms with Gasteiger partial charge in [-0.2, -0.15) is 0 Å². The Morgan fingerprint density at radius 2 is 1.72 bits per heavy atom. The number of hydrogen-bond donors (Lipinski definition) is 1. The first kappa shape index (κ1) is 20.2. The lowest BCUT2D eigenvalue weighted by atomic mass is 9.77. The third kappa shape index (κ3) is 3.88. The number of nitrogens with one attached hydrogen (secondary N) is 1. The summed E-state index contributed by atoms with van der Waals surface area (Å²) in [7, 11) is -2.12. The highest BCUT2D eigenvalue weighted by atomic mass is 32.2. The smallest absolute Gasteiger partial charge is 0.241 e. The van der Waals surface area contributed by atoms with Crippen LogP contribution in [-0.2, 0) is 10.0 Å². The van der Waals surface area contributed by atoms with Crippen molar-refractivity contribution in [1.82, 2.24) is 4.72 Å². The number of sulfonamides is 1. The lowest BCUT2D eigenvalue weighted by molar-refractivity contribution is 0.0000752. The lowest BCUT2D eigenvalue weighted by Crippen LogP contribution is -2.46. The van der Waals surface area contributed by atoms with E-state index in [1.165, 1.54) is 6.42 Å². The fraction of sp³-hybridized carbons (Fsp3) is 0.478. The molecule has 1 atom stereocenters. The highest BCUT2D eigenvalue weighted by molar-refractivity contribution is 7.89. The largest absolute Gasteiger partial charge is 0.497 e. The van der Waals surface area contributed by atoms with Gasteiger partial charge in [0.05, 0.1) is 18.0 Å². The van der Waals surface area contributed by atoms with E-state index in [0.717, 1.165) is 37.0 Å². The molecule has 1 aliphatic heterocycles. The van der Waals surface area contributed by atoms with E-state index in [-0.39, 0.29) is 11.6 Å². The van der Waals surface area contributed by atoms with Gasteiger partial charge in [-0.1, -0.05) is 24.6 Å². The number of rotatable bonds is 4. The number of methoxy groups -OCH3 is 1. The van der Waals surface area contributed by atoms with Gasteiger partial charge in [0.2, 0.25) is 10.0 Å². The Balaban J connectivity index is 1.71. The Morgan fingerprint density at radius 1 is 1.07 bits per heavy atom. The van der Waals surface area contributed by atoms with Crippen molar-refractivity contribution < 1.29 is 17.9 Å². The number of fused-ring (bicyclic) bond motifs is 1. The Labute approximate surface area is 173 Å². The van der Waals surface area contributed by atoms with Crippen LogP contribution in [0.1, 0.15) is 61.3 Å². The molecule has 156 valence electrons. The van der Waals surface area contributed by atoms with Crippen LogP contribution in [0.15, 0.2) is 41.3 Å². The molecule has 0 amide bonds. The second-order valence-corrected chi connectivity index (χ2v) is 10.0. The molecule has 2 aromatic carbocycles. The average molecular weight is 416 g/mol. The maximum atomic E-state index is 13.4. The van der Waals surface area contributed by atoms with E-state index >= 15 is 0 Å². The van der Waals surface area contributed by atoms with Crippen LogP contribution < -0.4 is 14.2 Å². The fourth-order valence-corrected chi connectivity index (χ4v) is 6.59. The van der Waals surface area contributed by atoms with Crippen molar-refractivity contribution in [2.75, 3.05) is 7.11 Å². The van der Waals surface area contributed by atoms with E-state index in [4.69, 9.17) is 9.47 Å². The molecule has 0 saturated heterocycles. The quantitative estimate of drug-likeness (QED) is 0.778. The molecular formula is C23H29NO4S. The molecule has 5 nitrogen and oxygen atoms in total. The van der Waals surface area contributed by atoms with Crippen molar-refractivity contribution in [3.8, 4) is 11.5 Å². The van der Waals surface area contributed by atoms with Gasteiger partial charge in [0.1, 0.15) is 17.1 Å². The van der Waals surface area contributed by atoms with Crippen molar-refractivity contribution in [3.05, 3.63) is 53.1 Å². The summed E-state index contributed by atoms with van der Waals surface area (Å²) in [6, 6.07) is 11.0. The first-order chi connectivity index (χ1) is 13.8. The molecule has 2 aliphatic rings. The maximum Gasteiger partial charge on any atom is 0.241 e. The molecule has 6 heteroatoms. The number of para-hydroxylation sites is 1. The van der Waals surface area contributed by atoms with Crippen molar-refractivity contribution >= 4 is 10.0 Å². The highest BCUT2D eigenvalue weighted by Crippen LogP contribution is 2.46. The lowest BCUT2D eigenvalue weighted by Gasteiger charge is -2.44. The Bertz CT molecular complexity index is 986. The molecule has 0 unspecified atom stereocenters. The summed E-state index contributed by atoms with van der Waals surface area (Å²) >= 11 is 0. The molecule has 1 spiro atoms. The molecule has 1 heterocycles. The van der Waals surface area contributed by atoms with Gasteiger partial charge in [-0.05, 0) is 68.9 Å². The standard InChI is InChI=1S/C23H29NO4S/c1-16-13-18(27-3)14-17(2)22(16)29(25,26)24-20-15-23(11-7-4-8-12-23)28-21-10-6-5-9-19(20)21/h5-6,9-10,13-14,20,24H,4,7-8,11-12,15H2,1-3H3/t20-/m0/s1. The fourth-order valence-electron chi connectivity index (χ4n) is 4.92. The van der Waals surface area contributed by atoms with Crippen LogP contribution in [0.25, 0.3) is 0 Å². The Morgan fingerprint density at radius 3 is 2.38 bits per heavy atom. The predicted octanol–water partition coefficient (Wildman–Crippen LogP) is 4.82. The minimum absolute atomic E-state index is 0.274. The molecule has 0 radical (unpaired) electrons. The molecular weight excluding hydrogens is 386 g/mol. The topological polar surface area (TPSA) is 64.6 Å². The summed E-state index contributed by atoms with van der Waals surface area (Å²) in [6.45, 7) is 3.62. The van der Waals surface area contributed by atoms with Crippen molar-refractivity contribution in [2.24, 2.45) is 0 Å². The van der Waals surface area contributed by atoms with Crippen LogP contribution in [-0.4, -0.2) is 21.1 Å². The average Bonchev–Trinajstić information content (AvgIpc) is 2.67.